The van der Waals surface area contributed by atoms with Crippen LogP contribution in [0.25, 0.3) is 0 Å². The quantitative estimate of drug-likeness (QED) is 0.761. The summed E-state index contributed by atoms with van der Waals surface area (Å²) < 4.78 is 51.2. The molecule has 1 unspecified atom stereocenters. The lowest BCUT2D eigenvalue weighted by Crippen LogP contribution is -2.57. The number of benzene rings is 2. The second-order valence-corrected chi connectivity index (χ2v) is 7.08. The molecular formula is C20H18ClF3N2O4. The lowest BCUT2D eigenvalue weighted by atomic mass is 10.0. The zero-order chi connectivity index (χ0) is 22.1. The predicted octanol–water partition coefficient (Wildman–Crippen LogP) is 3.92. The van der Waals surface area contributed by atoms with Crippen LogP contribution < -0.4 is 9.47 Å². The first-order valence-electron chi connectivity index (χ1n) is 8.78. The van der Waals surface area contributed by atoms with E-state index in [1.165, 1.54) is 25.3 Å². The highest BCUT2D eigenvalue weighted by Crippen LogP contribution is 2.41. The topological polar surface area (TPSA) is 71.4 Å². The Balaban J connectivity index is 1.84. The standard InChI is InChI=1S/C20H18ClF3N2O4/c1-12-9-15(7-8-16(12)21)30-11-18(27)26-19(28,20(22,23)24)10-17(25-26)13-3-5-14(29-2)6-4-13/h3-9,28H,10-11H2,1-2H3. The number of methoxy groups -OCH3 is 1. The van der Waals surface area contributed by atoms with Crippen molar-refractivity contribution in [1.82, 2.24) is 5.01 Å². The van der Waals surface area contributed by atoms with Crippen molar-refractivity contribution in [3.63, 3.8) is 0 Å². The zero-order valence-corrected chi connectivity index (χ0v) is 16.8. The largest absolute Gasteiger partial charge is 0.497 e. The molecule has 3 rings (SSSR count). The maximum atomic E-state index is 13.6. The van der Waals surface area contributed by atoms with Gasteiger partial charge in [-0.1, -0.05) is 11.6 Å². The van der Waals surface area contributed by atoms with Gasteiger partial charge in [-0.15, -0.1) is 0 Å². The number of hydrogen-bond acceptors (Lipinski definition) is 5. The first-order chi connectivity index (χ1) is 14.0. The summed E-state index contributed by atoms with van der Waals surface area (Å²) in [7, 11) is 1.45. The van der Waals surface area contributed by atoms with Gasteiger partial charge >= 0.3 is 6.18 Å². The second-order valence-electron chi connectivity index (χ2n) is 6.67. The molecule has 0 saturated carbocycles. The van der Waals surface area contributed by atoms with Crippen molar-refractivity contribution < 1.29 is 32.5 Å². The number of nitrogens with zero attached hydrogens (tertiary/aromatic N) is 2. The summed E-state index contributed by atoms with van der Waals surface area (Å²) >= 11 is 5.91. The van der Waals surface area contributed by atoms with E-state index in [0.29, 0.717) is 21.9 Å². The smallest absolute Gasteiger partial charge is 0.438 e. The fraction of sp³-hybridized carbons (Fsp3) is 0.300. The van der Waals surface area contributed by atoms with Gasteiger partial charge in [0.25, 0.3) is 11.6 Å². The normalized spacial score (nSPS) is 18.9. The number of hydrogen-bond donors (Lipinski definition) is 1. The Morgan fingerprint density at radius 2 is 1.87 bits per heavy atom. The molecule has 0 spiro atoms. The lowest BCUT2D eigenvalue weighted by Gasteiger charge is -2.32. The van der Waals surface area contributed by atoms with Gasteiger partial charge in [0.05, 0.1) is 19.2 Å². The van der Waals surface area contributed by atoms with Crippen molar-refractivity contribution in [2.45, 2.75) is 25.2 Å². The van der Waals surface area contributed by atoms with E-state index in [-0.39, 0.29) is 16.5 Å². The minimum atomic E-state index is -5.13. The van der Waals surface area contributed by atoms with Crippen LogP contribution in [-0.2, 0) is 4.79 Å². The zero-order valence-electron chi connectivity index (χ0n) is 16.0. The van der Waals surface area contributed by atoms with Crippen LogP contribution >= 0.6 is 11.6 Å². The molecule has 0 radical (unpaired) electrons. The molecule has 0 saturated heterocycles. The number of aryl methyl sites for hydroxylation is 1. The monoisotopic (exact) mass is 442 g/mol. The molecule has 1 aliphatic heterocycles. The molecule has 1 heterocycles. The highest BCUT2D eigenvalue weighted by molar-refractivity contribution is 6.31. The number of carbonyl (C=O) groups is 1. The number of hydrazone groups is 1. The number of carbonyl (C=O) groups excluding carboxylic acids is 1. The molecule has 0 aliphatic carbocycles. The number of rotatable bonds is 5. The Labute approximate surface area is 175 Å². The summed E-state index contributed by atoms with van der Waals surface area (Å²) in [6.45, 7) is 0.962. The summed E-state index contributed by atoms with van der Waals surface area (Å²) in [4.78, 5) is 12.5. The summed E-state index contributed by atoms with van der Waals surface area (Å²) in [6, 6.07) is 10.6. The molecule has 2 aromatic rings. The van der Waals surface area contributed by atoms with E-state index in [1.807, 2.05) is 0 Å². The van der Waals surface area contributed by atoms with E-state index in [9.17, 15) is 23.1 Å². The SMILES string of the molecule is COc1ccc(C2=NN(C(=O)COc3ccc(Cl)c(C)c3)C(O)(C(F)(F)F)C2)cc1. The van der Waals surface area contributed by atoms with Gasteiger partial charge in [0.15, 0.2) is 6.61 Å². The average molecular weight is 443 g/mol. The Kier molecular flexibility index (Phi) is 5.96. The van der Waals surface area contributed by atoms with E-state index < -0.39 is 30.8 Å². The molecule has 10 heteroatoms. The third-order valence-electron chi connectivity index (χ3n) is 4.59. The molecule has 1 N–H and O–H groups in total. The van der Waals surface area contributed by atoms with Gasteiger partial charge in [-0.2, -0.15) is 23.3 Å². The number of aliphatic hydroxyl groups is 1. The lowest BCUT2D eigenvalue weighted by molar-refractivity contribution is -0.302. The predicted molar refractivity (Wildman–Crippen MR) is 104 cm³/mol. The number of alkyl halides is 3. The second kappa shape index (κ2) is 8.16. The molecule has 30 heavy (non-hydrogen) atoms. The molecule has 0 bridgehead atoms. The minimum Gasteiger partial charge on any atom is -0.497 e. The molecule has 6 nitrogen and oxygen atoms in total. The Bertz CT molecular complexity index is 979. The van der Waals surface area contributed by atoms with Crippen molar-refractivity contribution in [2.24, 2.45) is 5.10 Å². The van der Waals surface area contributed by atoms with Crippen LogP contribution in [0.4, 0.5) is 13.2 Å². The third-order valence-corrected chi connectivity index (χ3v) is 5.01. The maximum absolute atomic E-state index is 13.6. The van der Waals surface area contributed by atoms with E-state index >= 15 is 0 Å². The van der Waals surface area contributed by atoms with E-state index in [2.05, 4.69) is 5.10 Å². The highest BCUT2D eigenvalue weighted by Gasteiger charge is 2.63. The summed E-state index contributed by atoms with van der Waals surface area (Å²) in [6.07, 6.45) is -6.04. The van der Waals surface area contributed by atoms with E-state index in [1.54, 1.807) is 31.2 Å². The van der Waals surface area contributed by atoms with E-state index in [4.69, 9.17) is 21.1 Å². The van der Waals surface area contributed by atoms with Crippen LogP contribution in [0.2, 0.25) is 5.02 Å². The fourth-order valence-electron chi connectivity index (χ4n) is 2.89. The first-order valence-corrected chi connectivity index (χ1v) is 9.16. The Morgan fingerprint density at radius 3 is 2.43 bits per heavy atom. The minimum absolute atomic E-state index is 0.0370. The number of ether oxygens (including phenoxy) is 2. The Morgan fingerprint density at radius 1 is 1.23 bits per heavy atom. The van der Waals surface area contributed by atoms with Gasteiger partial charge in [-0.3, -0.25) is 4.79 Å². The summed E-state index contributed by atoms with van der Waals surface area (Å²) in [5, 5.41) is 14.6. The molecule has 1 amide bonds. The molecular weight excluding hydrogens is 425 g/mol. The number of halogens is 4. The van der Waals surface area contributed by atoms with Gasteiger partial charge < -0.3 is 14.6 Å². The fourth-order valence-corrected chi connectivity index (χ4v) is 3.00. The van der Waals surface area contributed by atoms with Crippen LogP contribution in [0.15, 0.2) is 47.6 Å². The first kappa shape index (κ1) is 21.9. The van der Waals surface area contributed by atoms with Gasteiger partial charge in [0, 0.05) is 5.02 Å². The Hall–Kier alpha value is -2.78. The highest BCUT2D eigenvalue weighted by atomic mass is 35.5. The molecule has 0 aromatic heterocycles. The maximum Gasteiger partial charge on any atom is 0.438 e. The molecule has 1 aliphatic rings. The van der Waals surface area contributed by atoms with Crippen LogP contribution in [0.3, 0.4) is 0 Å². The number of amides is 1. The van der Waals surface area contributed by atoms with Gasteiger partial charge in [0.1, 0.15) is 11.5 Å². The molecule has 0 fully saturated rings. The van der Waals surface area contributed by atoms with Crippen LogP contribution in [0, 0.1) is 6.92 Å². The summed E-state index contributed by atoms with van der Waals surface area (Å²) in [5.74, 6) is -0.395. The van der Waals surface area contributed by atoms with Crippen molar-refractivity contribution in [3.8, 4) is 11.5 Å². The third kappa shape index (κ3) is 4.22. The van der Waals surface area contributed by atoms with Crippen molar-refractivity contribution in [2.75, 3.05) is 13.7 Å². The van der Waals surface area contributed by atoms with E-state index in [0.717, 1.165) is 0 Å². The summed E-state index contributed by atoms with van der Waals surface area (Å²) in [5.41, 5.74) is -2.57. The van der Waals surface area contributed by atoms with Crippen molar-refractivity contribution in [3.05, 3.63) is 58.6 Å². The van der Waals surface area contributed by atoms with Gasteiger partial charge in [-0.05, 0) is 60.5 Å². The van der Waals surface area contributed by atoms with Crippen LogP contribution in [0.1, 0.15) is 17.5 Å². The van der Waals surface area contributed by atoms with Crippen LogP contribution in [0.5, 0.6) is 11.5 Å². The molecule has 1 atom stereocenters. The van der Waals surface area contributed by atoms with Gasteiger partial charge in [0.2, 0.25) is 0 Å². The van der Waals surface area contributed by atoms with Crippen molar-refractivity contribution in [1.29, 1.82) is 0 Å². The van der Waals surface area contributed by atoms with Crippen LogP contribution in [-0.4, -0.2) is 47.4 Å². The molecule has 160 valence electrons. The molecule has 2 aromatic carbocycles. The van der Waals surface area contributed by atoms with Crippen molar-refractivity contribution >= 4 is 23.2 Å². The van der Waals surface area contributed by atoms with Gasteiger partial charge in [-0.25, -0.2) is 0 Å². The average Bonchev–Trinajstić information content (AvgIpc) is 3.08.